The minimum absolute atomic E-state index is 0.296. The largest absolute Gasteiger partial charge is 0.481 e. The zero-order valence-electron chi connectivity index (χ0n) is 8.46. The number of pyridine rings is 1. The number of rotatable bonds is 5. The maximum absolute atomic E-state index is 5.67. The number of nitrogens with one attached hydrogen (secondary N) is 1. The minimum atomic E-state index is 0.296. The molecule has 1 atom stereocenters. The van der Waals surface area contributed by atoms with E-state index in [1.807, 2.05) is 25.1 Å². The van der Waals surface area contributed by atoms with Crippen LogP contribution >= 0.6 is 11.6 Å². The first-order valence-corrected chi connectivity index (χ1v) is 5.09. The van der Waals surface area contributed by atoms with E-state index in [4.69, 9.17) is 16.3 Å². The molecule has 0 fully saturated rings. The van der Waals surface area contributed by atoms with E-state index in [-0.39, 0.29) is 0 Å². The van der Waals surface area contributed by atoms with Gasteiger partial charge in [0.2, 0.25) is 5.88 Å². The van der Waals surface area contributed by atoms with Crippen molar-refractivity contribution in [1.29, 1.82) is 0 Å². The second kappa shape index (κ2) is 5.83. The van der Waals surface area contributed by atoms with Gasteiger partial charge in [0.1, 0.15) is 0 Å². The Balaban J connectivity index is 2.50. The summed E-state index contributed by atoms with van der Waals surface area (Å²) < 4.78 is 5.02. The minimum Gasteiger partial charge on any atom is -0.481 e. The van der Waals surface area contributed by atoms with E-state index in [0.717, 1.165) is 5.69 Å². The average Bonchev–Trinajstić information content (AvgIpc) is 2.26. The third-order valence-electron chi connectivity index (χ3n) is 1.85. The fraction of sp³-hybridized carbons (Fsp3) is 0.500. The molecule has 1 rings (SSSR count). The number of hydrogen-bond donors (Lipinski definition) is 1. The lowest BCUT2D eigenvalue weighted by atomic mass is 10.3. The topological polar surface area (TPSA) is 34.1 Å². The van der Waals surface area contributed by atoms with Crippen LogP contribution in [0, 0.1) is 0 Å². The van der Waals surface area contributed by atoms with Crippen LogP contribution in [0.2, 0.25) is 0 Å². The van der Waals surface area contributed by atoms with Crippen LogP contribution in [0.3, 0.4) is 0 Å². The first kappa shape index (κ1) is 11.3. The molecule has 0 saturated heterocycles. The molecule has 1 unspecified atom stereocenters. The molecule has 1 aromatic heterocycles. The van der Waals surface area contributed by atoms with Crippen LogP contribution < -0.4 is 10.1 Å². The smallest absolute Gasteiger partial charge is 0.213 e. The van der Waals surface area contributed by atoms with Crippen molar-refractivity contribution >= 4 is 11.6 Å². The number of aromatic nitrogens is 1. The zero-order valence-corrected chi connectivity index (χ0v) is 9.21. The summed E-state index contributed by atoms with van der Waals surface area (Å²) in [6.07, 6.45) is 0. The van der Waals surface area contributed by atoms with E-state index in [9.17, 15) is 0 Å². The SMILES string of the molecule is COc1cccc(CNC(C)CCl)n1. The molecule has 1 aromatic rings. The van der Waals surface area contributed by atoms with Crippen molar-refractivity contribution in [3.8, 4) is 5.88 Å². The summed E-state index contributed by atoms with van der Waals surface area (Å²) in [5.74, 6) is 1.24. The van der Waals surface area contributed by atoms with Crippen LogP contribution in [0.5, 0.6) is 5.88 Å². The van der Waals surface area contributed by atoms with Gasteiger partial charge in [-0.3, -0.25) is 0 Å². The standard InChI is InChI=1S/C10H15ClN2O/c1-8(6-11)12-7-9-4-3-5-10(13-9)14-2/h3-5,8,12H,6-7H2,1-2H3. The summed E-state index contributed by atoms with van der Waals surface area (Å²) >= 11 is 5.67. The fourth-order valence-electron chi connectivity index (χ4n) is 1.00. The molecule has 4 heteroatoms. The molecule has 78 valence electrons. The van der Waals surface area contributed by atoms with Crippen molar-refractivity contribution in [2.45, 2.75) is 19.5 Å². The molecular formula is C10H15ClN2O. The van der Waals surface area contributed by atoms with Crippen LogP contribution in [0.15, 0.2) is 18.2 Å². The highest BCUT2D eigenvalue weighted by atomic mass is 35.5. The average molecular weight is 215 g/mol. The molecule has 0 spiro atoms. The summed E-state index contributed by atoms with van der Waals surface area (Å²) in [5.41, 5.74) is 0.960. The Kier molecular flexibility index (Phi) is 4.70. The van der Waals surface area contributed by atoms with Gasteiger partial charge in [0.15, 0.2) is 0 Å². The van der Waals surface area contributed by atoms with Gasteiger partial charge in [-0.05, 0) is 13.0 Å². The number of ether oxygens (including phenoxy) is 1. The first-order valence-electron chi connectivity index (χ1n) is 4.55. The van der Waals surface area contributed by atoms with E-state index in [0.29, 0.717) is 24.3 Å². The Bertz CT molecular complexity index is 281. The second-order valence-corrected chi connectivity index (χ2v) is 3.42. The molecule has 14 heavy (non-hydrogen) atoms. The Labute approximate surface area is 89.4 Å². The van der Waals surface area contributed by atoms with Crippen LogP contribution in [0.4, 0.5) is 0 Å². The van der Waals surface area contributed by atoms with Crippen molar-refractivity contribution in [3.63, 3.8) is 0 Å². The lowest BCUT2D eigenvalue weighted by Crippen LogP contribution is -2.27. The molecule has 0 radical (unpaired) electrons. The fourth-order valence-corrected chi connectivity index (χ4v) is 1.11. The Hall–Kier alpha value is -0.800. The predicted octanol–water partition coefficient (Wildman–Crippen LogP) is 1.81. The molecule has 0 bridgehead atoms. The maximum atomic E-state index is 5.67. The molecule has 1 N–H and O–H groups in total. The van der Waals surface area contributed by atoms with Gasteiger partial charge in [0, 0.05) is 24.5 Å². The highest BCUT2D eigenvalue weighted by Gasteiger charge is 2.00. The van der Waals surface area contributed by atoms with E-state index in [1.165, 1.54) is 0 Å². The maximum Gasteiger partial charge on any atom is 0.213 e. The third kappa shape index (κ3) is 3.52. The first-order chi connectivity index (χ1) is 6.76. The summed E-state index contributed by atoms with van der Waals surface area (Å²) in [7, 11) is 1.61. The molecule has 0 aliphatic heterocycles. The molecule has 0 aliphatic carbocycles. The summed E-state index contributed by atoms with van der Waals surface area (Å²) in [5, 5.41) is 3.25. The van der Waals surface area contributed by atoms with Crippen LogP contribution in [-0.2, 0) is 6.54 Å². The lowest BCUT2D eigenvalue weighted by Gasteiger charge is -2.09. The van der Waals surface area contributed by atoms with Crippen LogP contribution in [0.1, 0.15) is 12.6 Å². The number of nitrogens with zero attached hydrogens (tertiary/aromatic N) is 1. The summed E-state index contributed by atoms with van der Waals surface area (Å²) in [6.45, 7) is 2.75. The molecule has 1 heterocycles. The number of halogens is 1. The molecule has 0 saturated carbocycles. The second-order valence-electron chi connectivity index (χ2n) is 3.11. The van der Waals surface area contributed by atoms with Crippen molar-refractivity contribution in [3.05, 3.63) is 23.9 Å². The van der Waals surface area contributed by atoms with Gasteiger partial charge in [-0.25, -0.2) is 4.98 Å². The van der Waals surface area contributed by atoms with Gasteiger partial charge in [0.25, 0.3) is 0 Å². The van der Waals surface area contributed by atoms with E-state index >= 15 is 0 Å². The van der Waals surface area contributed by atoms with Crippen molar-refractivity contribution < 1.29 is 4.74 Å². The Morgan fingerprint density at radius 3 is 3.00 bits per heavy atom. The van der Waals surface area contributed by atoms with Crippen LogP contribution in [0.25, 0.3) is 0 Å². The Morgan fingerprint density at radius 2 is 2.36 bits per heavy atom. The molecule has 0 amide bonds. The quantitative estimate of drug-likeness (QED) is 0.760. The number of hydrogen-bond acceptors (Lipinski definition) is 3. The van der Waals surface area contributed by atoms with Crippen molar-refractivity contribution in [1.82, 2.24) is 10.3 Å². The Morgan fingerprint density at radius 1 is 1.57 bits per heavy atom. The number of methoxy groups -OCH3 is 1. The lowest BCUT2D eigenvalue weighted by molar-refractivity contribution is 0.395. The van der Waals surface area contributed by atoms with E-state index in [1.54, 1.807) is 7.11 Å². The van der Waals surface area contributed by atoms with Crippen LogP contribution in [-0.4, -0.2) is 24.0 Å². The van der Waals surface area contributed by atoms with Gasteiger partial charge in [-0.15, -0.1) is 11.6 Å². The van der Waals surface area contributed by atoms with E-state index < -0.39 is 0 Å². The predicted molar refractivity (Wildman–Crippen MR) is 57.8 cm³/mol. The molecule has 0 aromatic carbocycles. The van der Waals surface area contributed by atoms with Crippen molar-refractivity contribution in [2.24, 2.45) is 0 Å². The highest BCUT2D eigenvalue weighted by molar-refractivity contribution is 6.18. The van der Waals surface area contributed by atoms with E-state index in [2.05, 4.69) is 10.3 Å². The van der Waals surface area contributed by atoms with Gasteiger partial charge in [-0.1, -0.05) is 6.07 Å². The monoisotopic (exact) mass is 214 g/mol. The highest BCUT2D eigenvalue weighted by Crippen LogP contribution is 2.06. The molecule has 3 nitrogen and oxygen atoms in total. The van der Waals surface area contributed by atoms with Gasteiger partial charge < -0.3 is 10.1 Å². The van der Waals surface area contributed by atoms with Gasteiger partial charge >= 0.3 is 0 Å². The van der Waals surface area contributed by atoms with Gasteiger partial charge in [0.05, 0.1) is 12.8 Å². The number of alkyl halides is 1. The summed E-state index contributed by atoms with van der Waals surface area (Å²) in [6, 6.07) is 6.00. The molecular weight excluding hydrogens is 200 g/mol. The zero-order chi connectivity index (χ0) is 10.4. The molecule has 0 aliphatic rings. The van der Waals surface area contributed by atoms with Gasteiger partial charge in [-0.2, -0.15) is 0 Å². The third-order valence-corrected chi connectivity index (χ3v) is 2.32. The van der Waals surface area contributed by atoms with Crippen molar-refractivity contribution in [2.75, 3.05) is 13.0 Å². The normalized spacial score (nSPS) is 12.5. The summed E-state index contributed by atoms with van der Waals surface area (Å²) in [4.78, 5) is 4.27.